The summed E-state index contributed by atoms with van der Waals surface area (Å²) in [5.41, 5.74) is 0.808. The Labute approximate surface area is 102 Å². The summed E-state index contributed by atoms with van der Waals surface area (Å²) in [6.07, 6.45) is 0. The molecule has 0 aliphatic rings. The Morgan fingerprint density at radius 2 is 1.73 bits per heavy atom. The molecule has 0 aromatic heterocycles. The predicted octanol–water partition coefficient (Wildman–Crippen LogP) is 2.74. The Balaban J connectivity index is 2.75. The second-order valence-electron chi connectivity index (χ2n) is 4.23. The Morgan fingerprint density at radius 3 is 2.13 bits per heavy atom. The van der Waals surface area contributed by atoms with Gasteiger partial charge in [-0.15, -0.1) is 0 Å². The second-order valence-corrected chi connectivity index (χ2v) is 7.88. The zero-order chi connectivity index (χ0) is 11.5. The first-order chi connectivity index (χ1) is 6.92. The van der Waals surface area contributed by atoms with Crippen molar-refractivity contribution in [2.24, 2.45) is 0 Å². The van der Waals surface area contributed by atoms with Crippen LogP contribution in [-0.4, -0.2) is 24.8 Å². The van der Waals surface area contributed by atoms with Crippen LogP contribution in [0.5, 0.6) is 0 Å². The topological polar surface area (TPSA) is 17.1 Å². The third-order valence-corrected chi connectivity index (χ3v) is 4.32. The van der Waals surface area contributed by atoms with Crippen LogP contribution < -0.4 is 4.46 Å². The van der Waals surface area contributed by atoms with Gasteiger partial charge >= 0.3 is 102 Å². The number of benzene rings is 1. The molecule has 0 spiro atoms. The number of thioether (sulfide) groups is 1. The van der Waals surface area contributed by atoms with Crippen LogP contribution in [0.2, 0.25) is 5.82 Å². The Morgan fingerprint density at radius 1 is 1.20 bits per heavy atom. The average Bonchev–Trinajstić information content (AvgIpc) is 2.15. The van der Waals surface area contributed by atoms with E-state index in [4.69, 9.17) is 0 Å². The van der Waals surface area contributed by atoms with Gasteiger partial charge in [0, 0.05) is 0 Å². The van der Waals surface area contributed by atoms with Crippen LogP contribution >= 0.6 is 11.8 Å². The molecule has 0 atom stereocenters. The van der Waals surface area contributed by atoms with Crippen LogP contribution in [0.25, 0.3) is 0 Å². The van der Waals surface area contributed by atoms with E-state index in [0.29, 0.717) is 15.0 Å². The van der Waals surface area contributed by atoms with Gasteiger partial charge in [0.1, 0.15) is 0 Å². The van der Waals surface area contributed by atoms with E-state index in [1.807, 2.05) is 12.1 Å². The van der Waals surface area contributed by atoms with E-state index in [9.17, 15) is 4.79 Å². The normalized spacial score (nSPS) is 11.5. The van der Waals surface area contributed by atoms with Crippen molar-refractivity contribution >= 4 is 36.3 Å². The van der Waals surface area contributed by atoms with E-state index in [1.54, 1.807) is 0 Å². The van der Waals surface area contributed by atoms with Crippen molar-refractivity contribution in [3.8, 4) is 0 Å². The van der Waals surface area contributed by atoms with Crippen LogP contribution in [0.15, 0.2) is 24.3 Å². The summed E-state index contributed by atoms with van der Waals surface area (Å²) in [6.45, 7) is 6.16. The molecule has 0 amide bonds. The summed E-state index contributed by atoms with van der Waals surface area (Å²) in [5, 5.41) is 0.164. The number of carbonyl (C=O) groups excluding carboxylic acids is 1. The summed E-state index contributed by atoms with van der Waals surface area (Å²) >= 11 is 1.90. The SMILES string of the molecule is C[Se]c1ccc(C(=O)SC(C)(C)C)cc1. The first-order valence-electron chi connectivity index (χ1n) is 4.80. The molecule has 0 bridgehead atoms. The van der Waals surface area contributed by atoms with Crippen LogP contribution in [-0.2, 0) is 0 Å². The van der Waals surface area contributed by atoms with E-state index >= 15 is 0 Å². The van der Waals surface area contributed by atoms with Crippen LogP contribution in [0.4, 0.5) is 0 Å². The van der Waals surface area contributed by atoms with Gasteiger partial charge in [-0.05, 0) is 0 Å². The minimum atomic E-state index is -0.00948. The van der Waals surface area contributed by atoms with Gasteiger partial charge in [-0.2, -0.15) is 0 Å². The fraction of sp³-hybridized carbons (Fsp3) is 0.417. The van der Waals surface area contributed by atoms with Gasteiger partial charge < -0.3 is 0 Å². The first-order valence-corrected chi connectivity index (χ1v) is 8.18. The van der Waals surface area contributed by atoms with Crippen LogP contribution in [0.3, 0.4) is 0 Å². The Kier molecular flexibility index (Phi) is 4.45. The molecule has 0 unspecified atom stereocenters. The van der Waals surface area contributed by atoms with Gasteiger partial charge in [0.25, 0.3) is 0 Å². The standard InChI is InChI=1S/C12H16OSSe/c1-12(2,3)14-11(13)9-5-7-10(15-4)8-6-9/h5-8H,1-4H3. The van der Waals surface area contributed by atoms with E-state index in [1.165, 1.54) is 16.2 Å². The molecule has 1 nitrogen and oxygen atoms in total. The summed E-state index contributed by atoms with van der Waals surface area (Å²) in [7, 11) is 0. The van der Waals surface area contributed by atoms with Crippen LogP contribution in [0, 0.1) is 0 Å². The third-order valence-electron chi connectivity index (χ3n) is 1.72. The molecule has 0 fully saturated rings. The van der Waals surface area contributed by atoms with Crippen molar-refractivity contribution in [2.45, 2.75) is 31.3 Å². The van der Waals surface area contributed by atoms with Gasteiger partial charge in [0.05, 0.1) is 0 Å². The molecule has 1 aromatic rings. The number of hydrogen-bond acceptors (Lipinski definition) is 2. The molecule has 0 saturated carbocycles. The molecule has 0 saturated heterocycles. The summed E-state index contributed by atoms with van der Waals surface area (Å²) in [5.74, 6) is 2.17. The molecular weight excluding hydrogens is 271 g/mol. The fourth-order valence-electron chi connectivity index (χ4n) is 1.06. The minimum absolute atomic E-state index is 0.00948. The third kappa shape index (κ3) is 4.42. The van der Waals surface area contributed by atoms with Gasteiger partial charge in [-0.1, -0.05) is 0 Å². The van der Waals surface area contributed by atoms with Gasteiger partial charge in [-0.3, -0.25) is 0 Å². The molecule has 82 valence electrons. The molecule has 0 aliphatic carbocycles. The molecule has 3 heteroatoms. The fourth-order valence-corrected chi connectivity index (χ4v) is 2.73. The summed E-state index contributed by atoms with van der Waals surface area (Å²) in [6, 6.07) is 7.97. The quantitative estimate of drug-likeness (QED) is 0.778. The van der Waals surface area contributed by atoms with Crippen molar-refractivity contribution in [3.05, 3.63) is 29.8 Å². The van der Waals surface area contributed by atoms with E-state index < -0.39 is 0 Å². The van der Waals surface area contributed by atoms with Crippen molar-refractivity contribution < 1.29 is 4.79 Å². The molecule has 1 rings (SSSR count). The van der Waals surface area contributed by atoms with E-state index in [-0.39, 0.29) is 9.86 Å². The van der Waals surface area contributed by atoms with Crippen molar-refractivity contribution in [1.29, 1.82) is 0 Å². The molecule has 0 radical (unpaired) electrons. The number of hydrogen-bond donors (Lipinski definition) is 0. The summed E-state index contributed by atoms with van der Waals surface area (Å²) < 4.78 is 1.32. The average molecular weight is 287 g/mol. The Hall–Kier alpha value is -0.241. The van der Waals surface area contributed by atoms with Crippen LogP contribution in [0.1, 0.15) is 31.1 Å². The van der Waals surface area contributed by atoms with E-state index in [2.05, 4.69) is 38.7 Å². The van der Waals surface area contributed by atoms with Crippen molar-refractivity contribution in [3.63, 3.8) is 0 Å². The first kappa shape index (κ1) is 12.8. The molecule has 0 heterocycles. The monoisotopic (exact) mass is 288 g/mol. The molecule has 0 N–H and O–H groups in total. The number of rotatable bonds is 2. The van der Waals surface area contributed by atoms with Gasteiger partial charge in [0.15, 0.2) is 0 Å². The molecule has 15 heavy (non-hydrogen) atoms. The molecular formula is C12H16OSSe. The molecule has 1 aromatic carbocycles. The maximum atomic E-state index is 11.8. The van der Waals surface area contributed by atoms with Gasteiger partial charge in [-0.25, -0.2) is 0 Å². The maximum absolute atomic E-state index is 11.8. The predicted molar refractivity (Wildman–Crippen MR) is 69.4 cm³/mol. The zero-order valence-electron chi connectivity index (χ0n) is 9.53. The Bertz CT molecular complexity index is 338. The van der Waals surface area contributed by atoms with E-state index in [0.717, 1.165) is 5.56 Å². The van der Waals surface area contributed by atoms with Crippen molar-refractivity contribution in [2.75, 3.05) is 0 Å². The van der Waals surface area contributed by atoms with Gasteiger partial charge in [0.2, 0.25) is 0 Å². The molecule has 0 aliphatic heterocycles. The summed E-state index contributed by atoms with van der Waals surface area (Å²) in [4.78, 5) is 11.8. The second kappa shape index (κ2) is 5.20. The van der Waals surface area contributed by atoms with Crippen molar-refractivity contribution in [1.82, 2.24) is 0 Å². The zero-order valence-corrected chi connectivity index (χ0v) is 12.1. The number of carbonyl (C=O) groups is 1.